The third kappa shape index (κ3) is 5.61. The number of anilines is 1. The minimum atomic E-state index is -0.630. The Labute approximate surface area is 225 Å². The molecule has 38 heavy (non-hydrogen) atoms. The topological polar surface area (TPSA) is 112 Å². The van der Waals surface area contributed by atoms with Crippen LogP contribution in [0.1, 0.15) is 64.2 Å². The lowest BCUT2D eigenvalue weighted by atomic mass is 9.96. The molecule has 3 aromatic rings. The second-order valence-corrected chi connectivity index (χ2v) is 9.70. The van der Waals surface area contributed by atoms with Crippen molar-refractivity contribution in [3.8, 4) is 23.6 Å². The summed E-state index contributed by atoms with van der Waals surface area (Å²) < 4.78 is 11.5. The van der Waals surface area contributed by atoms with Crippen LogP contribution < -0.4 is 14.8 Å². The molecule has 0 fully saturated rings. The number of benzene rings is 2. The first-order valence-electron chi connectivity index (χ1n) is 12.5. The van der Waals surface area contributed by atoms with E-state index in [1.807, 2.05) is 26.0 Å². The van der Waals surface area contributed by atoms with Gasteiger partial charge in [-0.15, -0.1) is 11.3 Å². The summed E-state index contributed by atoms with van der Waals surface area (Å²) in [6.07, 6.45) is 5.16. The number of aryl methyl sites for hydroxylation is 1. The van der Waals surface area contributed by atoms with Crippen molar-refractivity contribution in [3.05, 3.63) is 80.7 Å². The molecule has 8 heteroatoms. The van der Waals surface area contributed by atoms with Gasteiger partial charge in [-0.2, -0.15) is 10.5 Å². The van der Waals surface area contributed by atoms with Crippen molar-refractivity contribution in [2.75, 3.05) is 18.5 Å². The van der Waals surface area contributed by atoms with Crippen LogP contribution in [0.3, 0.4) is 0 Å². The molecule has 192 valence electrons. The minimum absolute atomic E-state index is 0.177. The SMILES string of the molecule is CCOc1cc(OCC)c(C(=O)c2ccccc2)cc1/C=C(\C#N)C(=O)Nc1sc2c(c1C#N)CCCC2. The molecule has 0 spiro atoms. The highest BCUT2D eigenvalue weighted by atomic mass is 32.1. The number of carbonyl (C=O) groups excluding carboxylic acids is 2. The van der Waals surface area contributed by atoms with Crippen LogP contribution in [0.2, 0.25) is 0 Å². The zero-order valence-electron chi connectivity index (χ0n) is 21.3. The maximum absolute atomic E-state index is 13.3. The van der Waals surface area contributed by atoms with Crippen molar-refractivity contribution in [2.45, 2.75) is 39.5 Å². The van der Waals surface area contributed by atoms with E-state index in [1.54, 1.807) is 36.4 Å². The highest BCUT2D eigenvalue weighted by molar-refractivity contribution is 7.16. The Hall–Kier alpha value is -4.40. The van der Waals surface area contributed by atoms with E-state index < -0.39 is 5.91 Å². The van der Waals surface area contributed by atoms with Gasteiger partial charge in [0.25, 0.3) is 5.91 Å². The van der Waals surface area contributed by atoms with Gasteiger partial charge in [-0.05, 0) is 57.2 Å². The Bertz CT molecular complexity index is 1480. The van der Waals surface area contributed by atoms with E-state index >= 15 is 0 Å². The summed E-state index contributed by atoms with van der Waals surface area (Å²) in [6.45, 7) is 4.31. The van der Waals surface area contributed by atoms with Gasteiger partial charge in [0.2, 0.25) is 0 Å². The first kappa shape index (κ1) is 26.7. The molecule has 1 aliphatic rings. The molecule has 1 aromatic heterocycles. The fourth-order valence-corrected chi connectivity index (χ4v) is 5.65. The number of hydrogen-bond acceptors (Lipinski definition) is 7. The van der Waals surface area contributed by atoms with Gasteiger partial charge < -0.3 is 14.8 Å². The van der Waals surface area contributed by atoms with Gasteiger partial charge in [-0.3, -0.25) is 9.59 Å². The number of amides is 1. The molecule has 0 saturated heterocycles. The lowest BCUT2D eigenvalue weighted by Crippen LogP contribution is -2.14. The molecule has 1 N–H and O–H groups in total. The van der Waals surface area contributed by atoms with Gasteiger partial charge in [-0.1, -0.05) is 30.3 Å². The Morgan fingerprint density at radius 2 is 1.74 bits per heavy atom. The molecule has 1 amide bonds. The average Bonchev–Trinajstić information content (AvgIpc) is 3.29. The number of ether oxygens (including phenoxy) is 2. The summed E-state index contributed by atoms with van der Waals surface area (Å²) >= 11 is 1.39. The summed E-state index contributed by atoms with van der Waals surface area (Å²) in [6, 6.07) is 16.2. The zero-order valence-corrected chi connectivity index (χ0v) is 22.1. The molecular weight excluding hydrogens is 498 g/mol. The molecule has 0 bridgehead atoms. The molecule has 0 saturated carbocycles. The van der Waals surface area contributed by atoms with E-state index in [1.165, 1.54) is 17.4 Å². The number of ketones is 1. The summed E-state index contributed by atoms with van der Waals surface area (Å²) in [5, 5.41) is 22.8. The number of hydrogen-bond donors (Lipinski definition) is 1. The number of nitrogens with one attached hydrogen (secondary N) is 1. The van der Waals surface area contributed by atoms with E-state index in [2.05, 4.69) is 11.4 Å². The monoisotopic (exact) mass is 525 g/mol. The van der Waals surface area contributed by atoms with E-state index in [-0.39, 0.29) is 11.4 Å². The van der Waals surface area contributed by atoms with Crippen molar-refractivity contribution in [2.24, 2.45) is 0 Å². The standard InChI is InChI=1S/C30H27N3O4S/c1-3-36-25-16-26(37-4-2)23(28(34)19-10-6-5-7-11-19)15-20(25)14-21(17-31)29(35)33-30-24(18-32)22-12-8-9-13-27(22)38-30/h5-7,10-11,14-16H,3-4,8-9,12-13H2,1-2H3,(H,33,35)/b21-14+. The molecular formula is C30H27N3O4S. The van der Waals surface area contributed by atoms with Gasteiger partial charge in [-0.25, -0.2) is 0 Å². The number of thiophene rings is 1. The third-order valence-electron chi connectivity index (χ3n) is 6.17. The first-order chi connectivity index (χ1) is 18.5. The molecule has 1 heterocycles. The van der Waals surface area contributed by atoms with Crippen LogP contribution in [-0.2, 0) is 17.6 Å². The Morgan fingerprint density at radius 3 is 2.42 bits per heavy atom. The summed E-state index contributed by atoms with van der Waals surface area (Å²) in [7, 11) is 0. The fraction of sp³-hybridized carbons (Fsp3) is 0.267. The Balaban J connectivity index is 1.74. The smallest absolute Gasteiger partial charge is 0.266 e. The minimum Gasteiger partial charge on any atom is -0.493 e. The molecule has 4 rings (SSSR count). The molecule has 0 unspecified atom stereocenters. The first-order valence-corrected chi connectivity index (χ1v) is 13.3. The van der Waals surface area contributed by atoms with Crippen LogP contribution in [0.15, 0.2) is 48.0 Å². The molecule has 0 atom stereocenters. The van der Waals surface area contributed by atoms with Crippen LogP contribution in [0.4, 0.5) is 5.00 Å². The largest absolute Gasteiger partial charge is 0.493 e. The molecule has 1 aliphatic carbocycles. The van der Waals surface area contributed by atoms with Crippen LogP contribution >= 0.6 is 11.3 Å². The van der Waals surface area contributed by atoms with Crippen LogP contribution in [-0.4, -0.2) is 24.9 Å². The number of nitrogens with zero attached hydrogens (tertiary/aromatic N) is 2. The van der Waals surface area contributed by atoms with Crippen molar-refractivity contribution in [1.29, 1.82) is 10.5 Å². The molecule has 0 aliphatic heterocycles. The van der Waals surface area contributed by atoms with Crippen molar-refractivity contribution in [3.63, 3.8) is 0 Å². The van der Waals surface area contributed by atoms with Crippen molar-refractivity contribution >= 4 is 34.1 Å². The highest BCUT2D eigenvalue weighted by Gasteiger charge is 2.24. The van der Waals surface area contributed by atoms with Gasteiger partial charge in [0.05, 0.1) is 24.3 Å². The van der Waals surface area contributed by atoms with E-state index in [9.17, 15) is 20.1 Å². The number of carbonyl (C=O) groups is 2. The number of fused-ring (bicyclic) bond motifs is 1. The van der Waals surface area contributed by atoms with E-state index in [0.29, 0.717) is 52.0 Å². The zero-order chi connectivity index (χ0) is 27.1. The maximum atomic E-state index is 13.3. The normalized spacial score (nSPS) is 12.6. The second-order valence-electron chi connectivity index (χ2n) is 8.60. The van der Waals surface area contributed by atoms with Gasteiger partial charge >= 0.3 is 0 Å². The maximum Gasteiger partial charge on any atom is 0.266 e. The highest BCUT2D eigenvalue weighted by Crippen LogP contribution is 2.38. The summed E-state index contributed by atoms with van der Waals surface area (Å²) in [5.41, 5.74) is 2.47. The summed E-state index contributed by atoms with van der Waals surface area (Å²) in [5.74, 6) is -0.148. The average molecular weight is 526 g/mol. The van der Waals surface area contributed by atoms with Crippen molar-refractivity contribution < 1.29 is 19.1 Å². The lowest BCUT2D eigenvalue weighted by molar-refractivity contribution is -0.112. The summed E-state index contributed by atoms with van der Waals surface area (Å²) in [4.78, 5) is 27.6. The van der Waals surface area contributed by atoms with E-state index in [4.69, 9.17) is 9.47 Å². The Morgan fingerprint density at radius 1 is 1.03 bits per heavy atom. The van der Waals surface area contributed by atoms with Crippen LogP contribution in [0.25, 0.3) is 6.08 Å². The van der Waals surface area contributed by atoms with E-state index in [0.717, 1.165) is 36.1 Å². The predicted molar refractivity (Wildman–Crippen MR) is 147 cm³/mol. The lowest BCUT2D eigenvalue weighted by Gasteiger charge is -2.15. The molecule has 0 radical (unpaired) electrons. The van der Waals surface area contributed by atoms with Gasteiger partial charge in [0.1, 0.15) is 34.2 Å². The number of rotatable bonds is 9. The predicted octanol–water partition coefficient (Wildman–Crippen LogP) is 6.07. The van der Waals surface area contributed by atoms with Gasteiger partial charge in [0.15, 0.2) is 5.78 Å². The third-order valence-corrected chi connectivity index (χ3v) is 7.37. The second kappa shape index (κ2) is 12.2. The number of nitriles is 2. The van der Waals surface area contributed by atoms with Crippen LogP contribution in [0.5, 0.6) is 11.5 Å². The Kier molecular flexibility index (Phi) is 8.58. The molecule has 2 aromatic carbocycles. The quantitative estimate of drug-likeness (QED) is 0.206. The van der Waals surface area contributed by atoms with Gasteiger partial charge in [0, 0.05) is 22.1 Å². The van der Waals surface area contributed by atoms with Crippen LogP contribution in [0, 0.1) is 22.7 Å². The van der Waals surface area contributed by atoms with Crippen molar-refractivity contribution in [1.82, 2.24) is 0 Å². The molecule has 7 nitrogen and oxygen atoms in total. The fourth-order valence-electron chi connectivity index (χ4n) is 4.42.